The van der Waals surface area contributed by atoms with E-state index in [4.69, 9.17) is 4.74 Å². The predicted octanol–water partition coefficient (Wildman–Crippen LogP) is 0.845. The van der Waals surface area contributed by atoms with Crippen LogP contribution in [0, 0.1) is 0 Å². The van der Waals surface area contributed by atoms with E-state index in [0.29, 0.717) is 6.04 Å². The van der Waals surface area contributed by atoms with Crippen molar-refractivity contribution >= 4 is 18.3 Å². The summed E-state index contributed by atoms with van der Waals surface area (Å²) in [5.41, 5.74) is 0. The van der Waals surface area contributed by atoms with E-state index in [-0.39, 0.29) is 24.4 Å². The largest absolute Gasteiger partial charge is 0.368 e. The highest BCUT2D eigenvalue weighted by Crippen LogP contribution is 2.13. The molecule has 16 heavy (non-hydrogen) atoms. The van der Waals surface area contributed by atoms with Crippen LogP contribution in [-0.4, -0.2) is 37.7 Å². The minimum absolute atomic E-state index is 0. The molecule has 1 unspecified atom stereocenters. The molecule has 1 amide bonds. The number of rotatable bonds is 2. The van der Waals surface area contributed by atoms with Crippen molar-refractivity contribution in [1.82, 2.24) is 10.6 Å². The number of nitrogens with one attached hydrogen (secondary N) is 2. The second-order valence-electron chi connectivity index (χ2n) is 4.41. The zero-order valence-electron chi connectivity index (χ0n) is 9.54. The van der Waals surface area contributed by atoms with E-state index < -0.39 is 0 Å². The molecule has 2 rings (SSSR count). The lowest BCUT2D eigenvalue weighted by molar-refractivity contribution is -0.136. The third-order valence-electron chi connectivity index (χ3n) is 3.12. The fourth-order valence-electron chi connectivity index (χ4n) is 2.22. The van der Waals surface area contributed by atoms with Crippen LogP contribution in [0.1, 0.15) is 32.1 Å². The molecule has 94 valence electrons. The minimum Gasteiger partial charge on any atom is -0.368 e. The van der Waals surface area contributed by atoms with E-state index in [0.717, 1.165) is 51.8 Å². The standard InChI is InChI=1S/C11H20N2O2.ClH/c14-11(10-5-1-2-7-15-10)13-9-4-3-6-12-8-9;/h9-10,12H,1-8H2,(H,13,14);1H/t9-,10?;/m0./s1. The highest BCUT2D eigenvalue weighted by molar-refractivity contribution is 5.85. The molecule has 0 aromatic carbocycles. The Kier molecular flexibility index (Phi) is 6.09. The Morgan fingerprint density at radius 2 is 2.12 bits per heavy atom. The second kappa shape index (κ2) is 7.09. The van der Waals surface area contributed by atoms with Gasteiger partial charge < -0.3 is 15.4 Å². The number of hydrogen-bond acceptors (Lipinski definition) is 3. The van der Waals surface area contributed by atoms with Crippen molar-refractivity contribution in [3.05, 3.63) is 0 Å². The topological polar surface area (TPSA) is 50.4 Å². The van der Waals surface area contributed by atoms with E-state index in [2.05, 4.69) is 10.6 Å². The van der Waals surface area contributed by atoms with E-state index in [1.165, 1.54) is 0 Å². The van der Waals surface area contributed by atoms with Crippen LogP contribution >= 0.6 is 12.4 Å². The van der Waals surface area contributed by atoms with Gasteiger partial charge in [-0.25, -0.2) is 0 Å². The number of hydrogen-bond donors (Lipinski definition) is 2. The molecule has 0 spiro atoms. The van der Waals surface area contributed by atoms with Gasteiger partial charge in [0.2, 0.25) is 5.91 Å². The number of ether oxygens (including phenoxy) is 1. The van der Waals surface area contributed by atoms with Gasteiger partial charge in [-0.2, -0.15) is 0 Å². The van der Waals surface area contributed by atoms with Crippen LogP contribution in [0.15, 0.2) is 0 Å². The second-order valence-corrected chi connectivity index (χ2v) is 4.41. The zero-order valence-corrected chi connectivity index (χ0v) is 10.4. The lowest BCUT2D eigenvalue weighted by atomic mass is 10.1. The number of amides is 1. The third kappa shape index (κ3) is 3.92. The summed E-state index contributed by atoms with van der Waals surface area (Å²) >= 11 is 0. The zero-order chi connectivity index (χ0) is 10.5. The molecule has 2 atom stereocenters. The first kappa shape index (κ1) is 13.7. The van der Waals surface area contributed by atoms with Crippen LogP contribution in [0.25, 0.3) is 0 Å². The number of halogens is 1. The predicted molar refractivity (Wildman–Crippen MR) is 64.9 cm³/mol. The molecule has 0 saturated carbocycles. The third-order valence-corrected chi connectivity index (χ3v) is 3.12. The van der Waals surface area contributed by atoms with Crippen molar-refractivity contribution in [3.8, 4) is 0 Å². The first-order valence-electron chi connectivity index (χ1n) is 5.99. The van der Waals surface area contributed by atoms with Crippen LogP contribution in [0.2, 0.25) is 0 Å². The molecule has 2 saturated heterocycles. The van der Waals surface area contributed by atoms with Gasteiger partial charge in [0.1, 0.15) is 6.10 Å². The average molecular weight is 249 g/mol. The molecule has 0 aromatic heterocycles. The van der Waals surface area contributed by atoms with Gasteiger partial charge in [-0.15, -0.1) is 12.4 Å². The van der Waals surface area contributed by atoms with Crippen LogP contribution in [0.3, 0.4) is 0 Å². The van der Waals surface area contributed by atoms with Crippen molar-refractivity contribution < 1.29 is 9.53 Å². The van der Waals surface area contributed by atoms with Gasteiger partial charge in [-0.3, -0.25) is 4.79 Å². The molecule has 5 heteroatoms. The first-order valence-corrected chi connectivity index (χ1v) is 5.99. The molecular formula is C11H21ClN2O2. The van der Waals surface area contributed by atoms with Gasteiger partial charge in [-0.05, 0) is 38.6 Å². The highest BCUT2D eigenvalue weighted by atomic mass is 35.5. The lowest BCUT2D eigenvalue weighted by Crippen LogP contribution is -2.49. The Morgan fingerprint density at radius 3 is 2.75 bits per heavy atom. The maximum Gasteiger partial charge on any atom is 0.249 e. The Balaban J connectivity index is 0.00000128. The number of piperidine rings is 1. The smallest absolute Gasteiger partial charge is 0.249 e. The Labute approximate surface area is 103 Å². The summed E-state index contributed by atoms with van der Waals surface area (Å²) in [5.74, 6) is 0.0865. The van der Waals surface area contributed by atoms with Crippen LogP contribution in [-0.2, 0) is 9.53 Å². The average Bonchev–Trinajstić information content (AvgIpc) is 2.31. The Bertz CT molecular complexity index is 214. The molecule has 0 aliphatic carbocycles. The fraction of sp³-hybridized carbons (Fsp3) is 0.909. The van der Waals surface area contributed by atoms with Crippen molar-refractivity contribution in [2.75, 3.05) is 19.7 Å². The van der Waals surface area contributed by atoms with E-state index in [9.17, 15) is 4.79 Å². The minimum atomic E-state index is -0.194. The van der Waals surface area contributed by atoms with E-state index in [1.54, 1.807) is 0 Å². The van der Waals surface area contributed by atoms with E-state index in [1.807, 2.05) is 0 Å². The molecule has 2 fully saturated rings. The lowest BCUT2D eigenvalue weighted by Gasteiger charge is -2.27. The summed E-state index contributed by atoms with van der Waals surface area (Å²) in [4.78, 5) is 11.8. The number of carbonyl (C=O) groups is 1. The molecule has 4 nitrogen and oxygen atoms in total. The van der Waals surface area contributed by atoms with Crippen LogP contribution in [0.5, 0.6) is 0 Å². The summed E-state index contributed by atoms with van der Waals surface area (Å²) in [6.07, 6.45) is 5.13. The summed E-state index contributed by atoms with van der Waals surface area (Å²) in [6, 6.07) is 0.303. The van der Waals surface area contributed by atoms with Crippen LogP contribution in [0.4, 0.5) is 0 Å². The maximum absolute atomic E-state index is 11.8. The molecular weight excluding hydrogens is 228 g/mol. The Hall–Kier alpha value is -0.320. The summed E-state index contributed by atoms with van der Waals surface area (Å²) < 4.78 is 5.45. The van der Waals surface area contributed by atoms with Crippen molar-refractivity contribution in [2.45, 2.75) is 44.2 Å². The fourth-order valence-corrected chi connectivity index (χ4v) is 2.22. The Morgan fingerprint density at radius 1 is 1.25 bits per heavy atom. The molecule has 2 N–H and O–H groups in total. The maximum atomic E-state index is 11.8. The normalized spacial score (nSPS) is 30.2. The highest BCUT2D eigenvalue weighted by Gasteiger charge is 2.24. The number of carbonyl (C=O) groups excluding carboxylic acids is 1. The van der Waals surface area contributed by atoms with Gasteiger partial charge in [0.15, 0.2) is 0 Å². The molecule has 2 aliphatic rings. The van der Waals surface area contributed by atoms with Gasteiger partial charge in [-0.1, -0.05) is 0 Å². The van der Waals surface area contributed by atoms with Gasteiger partial charge in [0, 0.05) is 19.2 Å². The van der Waals surface area contributed by atoms with Crippen molar-refractivity contribution in [2.24, 2.45) is 0 Å². The summed E-state index contributed by atoms with van der Waals surface area (Å²) in [5, 5.41) is 6.35. The molecule has 2 heterocycles. The quantitative estimate of drug-likeness (QED) is 0.762. The molecule has 0 radical (unpaired) electrons. The van der Waals surface area contributed by atoms with Gasteiger partial charge in [0.05, 0.1) is 0 Å². The molecule has 0 aromatic rings. The summed E-state index contributed by atoms with van der Waals surface area (Å²) in [7, 11) is 0. The molecule has 0 bridgehead atoms. The first-order chi connectivity index (χ1) is 7.36. The summed E-state index contributed by atoms with van der Waals surface area (Å²) in [6.45, 7) is 2.71. The van der Waals surface area contributed by atoms with Gasteiger partial charge in [0.25, 0.3) is 0 Å². The van der Waals surface area contributed by atoms with Crippen LogP contribution < -0.4 is 10.6 Å². The van der Waals surface area contributed by atoms with Crippen molar-refractivity contribution in [1.29, 1.82) is 0 Å². The van der Waals surface area contributed by atoms with E-state index >= 15 is 0 Å². The molecule has 2 aliphatic heterocycles. The monoisotopic (exact) mass is 248 g/mol. The SMILES string of the molecule is Cl.O=C(N[C@H]1CCCNC1)C1CCCCO1. The van der Waals surface area contributed by atoms with Gasteiger partial charge >= 0.3 is 0 Å². The van der Waals surface area contributed by atoms with Crippen molar-refractivity contribution in [3.63, 3.8) is 0 Å².